The Morgan fingerprint density at radius 2 is 2.44 bits per heavy atom. The van der Waals surface area contributed by atoms with Crippen LogP contribution in [0.5, 0.6) is 0 Å². The molecule has 88 valence electrons. The molecule has 2 heterocycles. The van der Waals surface area contributed by atoms with Crippen LogP contribution in [0.2, 0.25) is 0 Å². The second-order valence-electron chi connectivity index (χ2n) is 3.46. The Hall–Kier alpha value is -1.40. The van der Waals surface area contributed by atoms with E-state index in [0.29, 0.717) is 5.82 Å². The lowest BCUT2D eigenvalue weighted by Gasteiger charge is -2.11. The number of halogens is 1. The molecule has 1 fully saturated rings. The molecule has 0 bridgehead atoms. The molecule has 1 atom stereocenters. The number of nitrogens with zero attached hydrogens (tertiary/aromatic N) is 2. The van der Waals surface area contributed by atoms with E-state index in [0.717, 1.165) is 19.5 Å². The van der Waals surface area contributed by atoms with Gasteiger partial charge in [-0.3, -0.25) is 10.1 Å². The quantitative estimate of drug-likeness (QED) is 0.617. The van der Waals surface area contributed by atoms with E-state index in [9.17, 15) is 10.1 Å². The fourth-order valence-corrected chi connectivity index (χ4v) is 1.63. The molecule has 0 aliphatic carbocycles. The maximum atomic E-state index is 10.7. The van der Waals surface area contributed by atoms with Gasteiger partial charge in [-0.05, 0) is 19.0 Å². The fourth-order valence-electron chi connectivity index (χ4n) is 1.63. The van der Waals surface area contributed by atoms with Crippen LogP contribution in [0.1, 0.15) is 6.42 Å². The standard InChI is InChI=1S/C9H12N4O2.ClH/c14-13(15)8-2-1-4-11-9(8)12-7-3-5-10-6-7;/h1-2,4,7,10H,3,5-6H2,(H,11,12);1H/t7-;/m1./s1. The van der Waals surface area contributed by atoms with Crippen molar-refractivity contribution in [3.05, 3.63) is 28.4 Å². The summed E-state index contributed by atoms with van der Waals surface area (Å²) in [6.07, 6.45) is 2.52. The number of nitro groups is 1. The van der Waals surface area contributed by atoms with Gasteiger partial charge in [-0.25, -0.2) is 4.98 Å². The zero-order valence-electron chi connectivity index (χ0n) is 8.55. The highest BCUT2D eigenvalue weighted by Gasteiger charge is 2.20. The highest BCUT2D eigenvalue weighted by Crippen LogP contribution is 2.21. The summed E-state index contributed by atoms with van der Waals surface area (Å²) in [7, 11) is 0. The number of pyridine rings is 1. The lowest BCUT2D eigenvalue weighted by atomic mass is 10.2. The number of aromatic nitrogens is 1. The molecule has 0 unspecified atom stereocenters. The van der Waals surface area contributed by atoms with Crippen molar-refractivity contribution in [1.29, 1.82) is 0 Å². The number of hydrogen-bond acceptors (Lipinski definition) is 5. The molecule has 7 heteroatoms. The number of anilines is 1. The third kappa shape index (κ3) is 2.80. The summed E-state index contributed by atoms with van der Waals surface area (Å²) >= 11 is 0. The van der Waals surface area contributed by atoms with Crippen LogP contribution in [-0.2, 0) is 0 Å². The van der Waals surface area contributed by atoms with Gasteiger partial charge in [0.1, 0.15) is 0 Å². The van der Waals surface area contributed by atoms with Gasteiger partial charge in [0.2, 0.25) is 5.82 Å². The number of rotatable bonds is 3. The average molecular weight is 245 g/mol. The molecule has 16 heavy (non-hydrogen) atoms. The molecule has 0 spiro atoms. The van der Waals surface area contributed by atoms with E-state index in [4.69, 9.17) is 0 Å². The molecule has 0 saturated carbocycles. The van der Waals surface area contributed by atoms with Crippen LogP contribution >= 0.6 is 12.4 Å². The molecule has 1 aromatic heterocycles. The summed E-state index contributed by atoms with van der Waals surface area (Å²) < 4.78 is 0. The number of hydrogen-bond donors (Lipinski definition) is 2. The first-order valence-corrected chi connectivity index (χ1v) is 4.84. The predicted octanol–water partition coefficient (Wildman–Crippen LogP) is 1.19. The first-order valence-electron chi connectivity index (χ1n) is 4.84. The minimum Gasteiger partial charge on any atom is -0.360 e. The molecule has 2 N–H and O–H groups in total. The van der Waals surface area contributed by atoms with Crippen molar-refractivity contribution in [3.63, 3.8) is 0 Å². The van der Waals surface area contributed by atoms with Crippen molar-refractivity contribution in [2.45, 2.75) is 12.5 Å². The minimum absolute atomic E-state index is 0. The molecule has 1 aromatic rings. The Morgan fingerprint density at radius 1 is 1.62 bits per heavy atom. The summed E-state index contributed by atoms with van der Waals surface area (Å²) in [4.78, 5) is 14.3. The van der Waals surface area contributed by atoms with E-state index >= 15 is 0 Å². The molecular weight excluding hydrogens is 232 g/mol. The van der Waals surface area contributed by atoms with E-state index in [1.54, 1.807) is 12.3 Å². The van der Waals surface area contributed by atoms with Crippen LogP contribution < -0.4 is 10.6 Å². The SMILES string of the molecule is Cl.O=[N+]([O-])c1cccnc1N[C@@H]1CCNC1. The lowest BCUT2D eigenvalue weighted by Crippen LogP contribution is -2.23. The molecule has 1 aliphatic rings. The van der Waals surface area contributed by atoms with Gasteiger partial charge in [-0.2, -0.15) is 0 Å². The molecule has 6 nitrogen and oxygen atoms in total. The first kappa shape index (κ1) is 12.7. The van der Waals surface area contributed by atoms with Crippen LogP contribution in [-0.4, -0.2) is 29.0 Å². The van der Waals surface area contributed by atoms with Crippen molar-refractivity contribution in [1.82, 2.24) is 10.3 Å². The molecule has 1 saturated heterocycles. The lowest BCUT2D eigenvalue weighted by molar-refractivity contribution is -0.384. The van der Waals surface area contributed by atoms with Gasteiger partial charge in [0.25, 0.3) is 0 Å². The predicted molar refractivity (Wildman–Crippen MR) is 63.0 cm³/mol. The van der Waals surface area contributed by atoms with Crippen molar-refractivity contribution in [2.75, 3.05) is 18.4 Å². The molecule has 0 amide bonds. The summed E-state index contributed by atoms with van der Waals surface area (Å²) in [5.41, 5.74) is 0.0319. The van der Waals surface area contributed by atoms with Crippen molar-refractivity contribution in [2.24, 2.45) is 0 Å². The Kier molecular flexibility index (Phi) is 4.45. The second kappa shape index (κ2) is 5.62. The first-order chi connectivity index (χ1) is 7.27. The van der Waals surface area contributed by atoms with Crippen LogP contribution in [0.4, 0.5) is 11.5 Å². The average Bonchev–Trinajstić information content (AvgIpc) is 2.71. The Bertz CT molecular complexity index is 368. The minimum atomic E-state index is -0.419. The van der Waals surface area contributed by atoms with Gasteiger partial charge in [-0.15, -0.1) is 12.4 Å². The van der Waals surface area contributed by atoms with Crippen LogP contribution in [0.15, 0.2) is 18.3 Å². The van der Waals surface area contributed by atoms with Crippen molar-refractivity contribution in [3.8, 4) is 0 Å². The summed E-state index contributed by atoms with van der Waals surface area (Å²) in [6, 6.07) is 3.26. The van der Waals surface area contributed by atoms with Gasteiger partial charge in [0, 0.05) is 24.8 Å². The van der Waals surface area contributed by atoms with Crippen molar-refractivity contribution >= 4 is 23.9 Å². The van der Waals surface area contributed by atoms with E-state index in [1.807, 2.05) is 0 Å². The number of nitrogens with one attached hydrogen (secondary N) is 2. The highest BCUT2D eigenvalue weighted by atomic mass is 35.5. The van der Waals surface area contributed by atoms with E-state index in [-0.39, 0.29) is 24.1 Å². The second-order valence-corrected chi connectivity index (χ2v) is 3.46. The maximum absolute atomic E-state index is 10.7. The molecular formula is C9H13ClN4O2. The maximum Gasteiger partial charge on any atom is 0.311 e. The third-order valence-electron chi connectivity index (χ3n) is 2.38. The zero-order valence-corrected chi connectivity index (χ0v) is 9.37. The zero-order chi connectivity index (χ0) is 10.7. The van der Waals surface area contributed by atoms with Crippen LogP contribution in [0, 0.1) is 10.1 Å². The monoisotopic (exact) mass is 244 g/mol. The molecule has 0 aromatic carbocycles. The normalized spacial score (nSPS) is 18.9. The Labute approximate surface area is 99.0 Å². The molecule has 0 radical (unpaired) electrons. The largest absolute Gasteiger partial charge is 0.360 e. The summed E-state index contributed by atoms with van der Waals surface area (Å²) in [6.45, 7) is 1.77. The highest BCUT2D eigenvalue weighted by molar-refractivity contribution is 5.85. The topological polar surface area (TPSA) is 80.1 Å². The third-order valence-corrected chi connectivity index (χ3v) is 2.38. The fraction of sp³-hybridized carbons (Fsp3) is 0.444. The van der Waals surface area contributed by atoms with E-state index in [2.05, 4.69) is 15.6 Å². The van der Waals surface area contributed by atoms with Crippen molar-refractivity contribution < 1.29 is 4.92 Å². The summed E-state index contributed by atoms with van der Waals surface area (Å²) in [5.74, 6) is 0.358. The van der Waals surface area contributed by atoms with Gasteiger partial charge >= 0.3 is 5.69 Å². The van der Waals surface area contributed by atoms with Crippen LogP contribution in [0.3, 0.4) is 0 Å². The van der Waals surface area contributed by atoms with Crippen LogP contribution in [0.25, 0.3) is 0 Å². The van der Waals surface area contributed by atoms with Gasteiger partial charge in [-0.1, -0.05) is 0 Å². The smallest absolute Gasteiger partial charge is 0.311 e. The molecule has 2 rings (SSSR count). The van der Waals surface area contributed by atoms with Gasteiger partial charge in [0.05, 0.1) is 4.92 Å². The van der Waals surface area contributed by atoms with E-state index in [1.165, 1.54) is 6.07 Å². The Morgan fingerprint density at radius 3 is 3.06 bits per heavy atom. The Balaban J connectivity index is 0.00000128. The van der Waals surface area contributed by atoms with Gasteiger partial charge < -0.3 is 10.6 Å². The van der Waals surface area contributed by atoms with Gasteiger partial charge in [0.15, 0.2) is 0 Å². The van der Waals surface area contributed by atoms with E-state index < -0.39 is 4.92 Å². The molecule has 1 aliphatic heterocycles. The summed E-state index contributed by atoms with van der Waals surface area (Å²) in [5, 5.41) is 17.0.